The van der Waals surface area contributed by atoms with Gasteiger partial charge in [-0.05, 0) is 24.5 Å². The van der Waals surface area contributed by atoms with Crippen LogP contribution >= 0.6 is 11.6 Å². The molecule has 1 heterocycles. The molecule has 1 spiro atoms. The van der Waals surface area contributed by atoms with Gasteiger partial charge in [0.25, 0.3) is 5.91 Å². The third kappa shape index (κ3) is 1.88. The molecule has 2 aliphatic rings. The van der Waals surface area contributed by atoms with Gasteiger partial charge in [0.2, 0.25) is 0 Å². The fraction of sp³-hybridized carbons (Fsp3) is 0.429. The predicted octanol–water partition coefficient (Wildman–Crippen LogP) is 2.84. The number of benzene rings is 1. The lowest BCUT2D eigenvalue weighted by Crippen LogP contribution is -2.46. The molecule has 20 heavy (non-hydrogen) atoms. The monoisotopic (exact) mass is 296 g/mol. The van der Waals surface area contributed by atoms with Crippen molar-refractivity contribution >= 4 is 23.5 Å². The molecule has 0 bridgehead atoms. The normalized spacial score (nSPS) is 20.8. The van der Waals surface area contributed by atoms with Crippen molar-refractivity contribution in [3.63, 3.8) is 0 Å². The van der Waals surface area contributed by atoms with Gasteiger partial charge in [0.15, 0.2) is 0 Å². The summed E-state index contributed by atoms with van der Waals surface area (Å²) in [6.07, 6.45) is 3.12. The topological polar surface area (TPSA) is 49.4 Å². The van der Waals surface area contributed by atoms with Crippen LogP contribution in [0.15, 0.2) is 18.2 Å². The molecule has 0 radical (unpaired) electrons. The van der Waals surface area contributed by atoms with Crippen molar-refractivity contribution < 1.29 is 14.0 Å². The smallest absolute Gasteiger partial charge is 0.305 e. The summed E-state index contributed by atoms with van der Waals surface area (Å²) in [7, 11) is 0. The Balaban J connectivity index is 1.94. The van der Waals surface area contributed by atoms with Crippen LogP contribution in [-0.4, -0.2) is 22.4 Å². The zero-order chi connectivity index (χ0) is 14.3. The first-order valence-corrected chi connectivity index (χ1v) is 6.98. The van der Waals surface area contributed by atoms with Crippen LogP contribution in [0.25, 0.3) is 0 Å². The summed E-state index contributed by atoms with van der Waals surface area (Å²) in [5, 5.41) is 2.37. The highest BCUT2D eigenvalue weighted by atomic mass is 35.5. The molecule has 6 heteroatoms. The highest BCUT2D eigenvalue weighted by Crippen LogP contribution is 2.40. The second kappa shape index (κ2) is 4.74. The molecule has 0 aromatic heterocycles. The van der Waals surface area contributed by atoms with Crippen molar-refractivity contribution in [1.29, 1.82) is 0 Å². The molecule has 106 valence electrons. The second-order valence-corrected chi connectivity index (χ2v) is 5.68. The Labute approximate surface area is 120 Å². The van der Waals surface area contributed by atoms with Gasteiger partial charge in [-0.1, -0.05) is 36.6 Å². The van der Waals surface area contributed by atoms with Crippen molar-refractivity contribution in [2.45, 2.75) is 37.8 Å². The summed E-state index contributed by atoms with van der Waals surface area (Å²) >= 11 is 5.93. The largest absolute Gasteiger partial charge is 0.325 e. The fourth-order valence-electron chi connectivity index (χ4n) is 3.12. The minimum atomic E-state index is -0.771. The maximum Gasteiger partial charge on any atom is 0.325 e. The summed E-state index contributed by atoms with van der Waals surface area (Å²) in [5.74, 6) is -0.761. The van der Waals surface area contributed by atoms with Crippen molar-refractivity contribution in [2.75, 3.05) is 0 Å². The number of hydrogen-bond donors (Lipinski definition) is 1. The molecule has 4 nitrogen and oxygen atoms in total. The van der Waals surface area contributed by atoms with Crippen LogP contribution in [0, 0.1) is 5.82 Å². The van der Waals surface area contributed by atoms with Crippen LogP contribution in [0.3, 0.4) is 0 Å². The van der Waals surface area contributed by atoms with Gasteiger partial charge in [-0.3, -0.25) is 10.1 Å². The Bertz CT molecular complexity index is 585. The highest BCUT2D eigenvalue weighted by molar-refractivity contribution is 6.31. The number of amides is 3. The molecule has 3 amide bonds. The maximum absolute atomic E-state index is 13.5. The minimum Gasteiger partial charge on any atom is -0.305 e. The molecule has 3 rings (SSSR count). The Morgan fingerprint density at radius 3 is 2.70 bits per heavy atom. The number of halogens is 2. The van der Waals surface area contributed by atoms with E-state index in [0.717, 1.165) is 12.8 Å². The summed E-state index contributed by atoms with van der Waals surface area (Å²) < 4.78 is 13.5. The molecule has 2 fully saturated rings. The molecule has 0 atom stereocenters. The number of rotatable bonds is 2. The van der Waals surface area contributed by atoms with E-state index < -0.39 is 17.4 Å². The quantitative estimate of drug-likeness (QED) is 0.853. The fourth-order valence-corrected chi connectivity index (χ4v) is 3.30. The molecular formula is C14H14ClFN2O2. The predicted molar refractivity (Wildman–Crippen MR) is 71.7 cm³/mol. The van der Waals surface area contributed by atoms with Crippen LogP contribution in [0.5, 0.6) is 0 Å². The van der Waals surface area contributed by atoms with Crippen molar-refractivity contribution in [1.82, 2.24) is 10.2 Å². The third-order valence-corrected chi connectivity index (χ3v) is 4.62. The van der Waals surface area contributed by atoms with Crippen molar-refractivity contribution in [2.24, 2.45) is 0 Å². The molecule has 1 saturated carbocycles. The Morgan fingerprint density at radius 2 is 2.00 bits per heavy atom. The number of imide groups is 1. The van der Waals surface area contributed by atoms with E-state index in [1.807, 2.05) is 0 Å². The molecule has 1 N–H and O–H groups in total. The van der Waals surface area contributed by atoms with Crippen LogP contribution in [0.4, 0.5) is 9.18 Å². The summed E-state index contributed by atoms with van der Waals surface area (Å²) in [4.78, 5) is 25.6. The van der Waals surface area contributed by atoms with Crippen LogP contribution in [0.1, 0.15) is 31.2 Å². The summed E-state index contributed by atoms with van der Waals surface area (Å²) in [5.41, 5.74) is -0.255. The zero-order valence-corrected chi connectivity index (χ0v) is 11.5. The van der Waals surface area contributed by atoms with E-state index in [-0.39, 0.29) is 17.5 Å². The Hall–Kier alpha value is -1.62. The van der Waals surface area contributed by atoms with Gasteiger partial charge in [0.1, 0.15) is 11.4 Å². The standard InChI is InChI=1S/C14H14ClFN2O2/c15-11-9(4-3-5-10(11)16)8-18-13(20)17-12(19)14(18)6-1-2-7-14/h3-5H,1-2,6-8H2,(H,17,19,20). The van der Waals surface area contributed by atoms with Gasteiger partial charge in [-0.15, -0.1) is 0 Å². The first-order chi connectivity index (χ1) is 9.54. The van der Waals surface area contributed by atoms with Gasteiger partial charge in [0, 0.05) is 0 Å². The summed E-state index contributed by atoms with van der Waals surface area (Å²) in [6, 6.07) is 4.07. The minimum absolute atomic E-state index is 0.00722. The molecular weight excluding hydrogens is 283 g/mol. The SMILES string of the molecule is O=C1NC(=O)C2(CCCC2)N1Cc1cccc(F)c1Cl. The molecule has 1 saturated heterocycles. The van der Waals surface area contributed by atoms with E-state index in [9.17, 15) is 14.0 Å². The average molecular weight is 297 g/mol. The number of nitrogens with one attached hydrogen (secondary N) is 1. The van der Waals surface area contributed by atoms with Gasteiger partial charge in [0.05, 0.1) is 11.6 Å². The van der Waals surface area contributed by atoms with Gasteiger partial charge < -0.3 is 4.90 Å². The van der Waals surface area contributed by atoms with Crippen molar-refractivity contribution in [3.05, 3.63) is 34.6 Å². The van der Waals surface area contributed by atoms with E-state index in [0.29, 0.717) is 18.4 Å². The van der Waals surface area contributed by atoms with Gasteiger partial charge in [-0.25, -0.2) is 9.18 Å². The maximum atomic E-state index is 13.5. The number of urea groups is 1. The second-order valence-electron chi connectivity index (χ2n) is 5.30. The van der Waals surface area contributed by atoms with Crippen LogP contribution in [0.2, 0.25) is 5.02 Å². The highest BCUT2D eigenvalue weighted by Gasteiger charge is 2.53. The van der Waals surface area contributed by atoms with E-state index in [1.165, 1.54) is 11.0 Å². The third-order valence-electron chi connectivity index (χ3n) is 4.20. The Kier molecular flexibility index (Phi) is 3.17. The number of hydrogen-bond acceptors (Lipinski definition) is 2. The number of nitrogens with zero attached hydrogens (tertiary/aromatic N) is 1. The Morgan fingerprint density at radius 1 is 1.30 bits per heavy atom. The lowest BCUT2D eigenvalue weighted by atomic mass is 9.95. The molecule has 1 aromatic carbocycles. The molecule has 0 unspecified atom stereocenters. The van der Waals surface area contributed by atoms with E-state index in [2.05, 4.69) is 5.32 Å². The van der Waals surface area contributed by atoms with Crippen LogP contribution < -0.4 is 5.32 Å². The first kappa shape index (κ1) is 13.4. The van der Waals surface area contributed by atoms with E-state index in [1.54, 1.807) is 12.1 Å². The van der Waals surface area contributed by atoms with Gasteiger partial charge in [-0.2, -0.15) is 0 Å². The first-order valence-electron chi connectivity index (χ1n) is 6.60. The van der Waals surface area contributed by atoms with E-state index >= 15 is 0 Å². The molecule has 1 aliphatic carbocycles. The van der Waals surface area contributed by atoms with Crippen molar-refractivity contribution in [3.8, 4) is 0 Å². The molecule has 1 aliphatic heterocycles. The number of carbonyl (C=O) groups is 2. The van der Waals surface area contributed by atoms with Crippen LogP contribution in [-0.2, 0) is 11.3 Å². The number of carbonyl (C=O) groups excluding carboxylic acids is 2. The lowest BCUT2D eigenvalue weighted by Gasteiger charge is -2.31. The van der Waals surface area contributed by atoms with E-state index in [4.69, 9.17) is 11.6 Å². The van der Waals surface area contributed by atoms with Gasteiger partial charge >= 0.3 is 6.03 Å². The summed E-state index contributed by atoms with van der Waals surface area (Å²) in [6.45, 7) is 0.147. The molecule has 1 aromatic rings. The lowest BCUT2D eigenvalue weighted by molar-refractivity contribution is -0.126. The average Bonchev–Trinajstić information content (AvgIpc) is 2.97. The zero-order valence-electron chi connectivity index (χ0n) is 10.8.